The molecule has 1 aliphatic heterocycles. The number of methoxy groups -OCH3 is 1. The molecule has 2 aromatic rings. The molecule has 1 aliphatic rings. The molecule has 0 amide bonds. The van der Waals surface area contributed by atoms with E-state index in [9.17, 15) is 0 Å². The monoisotopic (exact) mass is 301 g/mol. The van der Waals surface area contributed by atoms with Crippen LogP contribution in [0.5, 0.6) is 5.88 Å². The molecule has 2 aromatic heterocycles. The Morgan fingerprint density at radius 1 is 1.32 bits per heavy atom. The molecule has 0 bridgehead atoms. The van der Waals surface area contributed by atoms with Crippen LogP contribution in [-0.2, 0) is 13.1 Å². The number of likely N-dealkylation sites (tertiary alicyclic amines) is 1. The minimum Gasteiger partial charge on any atom is -0.481 e. The van der Waals surface area contributed by atoms with Gasteiger partial charge in [0.1, 0.15) is 12.2 Å². The summed E-state index contributed by atoms with van der Waals surface area (Å²) < 4.78 is 7.35. The summed E-state index contributed by atoms with van der Waals surface area (Å²) in [5, 5.41) is 8.36. The molecule has 0 saturated carbocycles. The highest BCUT2D eigenvalue weighted by molar-refractivity contribution is 5.20. The van der Waals surface area contributed by atoms with Gasteiger partial charge in [0.15, 0.2) is 0 Å². The van der Waals surface area contributed by atoms with Crippen LogP contribution >= 0.6 is 0 Å². The number of piperidine rings is 1. The molecule has 118 valence electrons. The predicted molar refractivity (Wildman–Crippen MR) is 83.7 cm³/mol. The summed E-state index contributed by atoms with van der Waals surface area (Å²) in [7, 11) is 1.65. The maximum atomic E-state index is 5.19. The van der Waals surface area contributed by atoms with E-state index in [1.807, 2.05) is 18.6 Å². The van der Waals surface area contributed by atoms with Crippen LogP contribution in [0.15, 0.2) is 24.7 Å². The highest BCUT2D eigenvalue weighted by Gasteiger charge is 2.24. The Bertz CT molecular complexity index is 604. The van der Waals surface area contributed by atoms with E-state index in [1.54, 1.807) is 7.11 Å². The van der Waals surface area contributed by atoms with Crippen LogP contribution in [0.4, 0.5) is 0 Å². The Morgan fingerprint density at radius 2 is 2.14 bits per heavy atom. The van der Waals surface area contributed by atoms with Crippen molar-refractivity contribution < 1.29 is 4.74 Å². The standard InChI is InChI=1S/C16H23N5O/c1-3-21-12-18-19-16(21)14-5-8-20(9-6-14)11-13-4-7-17-15(10-13)22-2/h4,7,10,12,14H,3,5-6,8-9,11H2,1-2H3. The summed E-state index contributed by atoms with van der Waals surface area (Å²) >= 11 is 0. The van der Waals surface area contributed by atoms with E-state index in [0.29, 0.717) is 11.8 Å². The summed E-state index contributed by atoms with van der Waals surface area (Å²) in [6, 6.07) is 4.07. The van der Waals surface area contributed by atoms with Gasteiger partial charge in [0.25, 0.3) is 0 Å². The van der Waals surface area contributed by atoms with E-state index in [1.165, 1.54) is 5.56 Å². The molecular formula is C16H23N5O. The van der Waals surface area contributed by atoms with Gasteiger partial charge < -0.3 is 9.30 Å². The quantitative estimate of drug-likeness (QED) is 0.846. The van der Waals surface area contributed by atoms with E-state index >= 15 is 0 Å². The van der Waals surface area contributed by atoms with Crippen molar-refractivity contribution in [1.82, 2.24) is 24.6 Å². The molecule has 1 fully saturated rings. The third-order valence-corrected chi connectivity index (χ3v) is 4.35. The highest BCUT2D eigenvalue weighted by Crippen LogP contribution is 2.27. The Hall–Kier alpha value is -1.95. The zero-order valence-electron chi connectivity index (χ0n) is 13.3. The largest absolute Gasteiger partial charge is 0.481 e. The SMILES string of the molecule is CCn1cnnc1C1CCN(Cc2ccnc(OC)c2)CC1. The fourth-order valence-corrected chi connectivity index (χ4v) is 3.09. The number of aromatic nitrogens is 4. The van der Waals surface area contributed by atoms with Crippen molar-refractivity contribution in [2.75, 3.05) is 20.2 Å². The second-order valence-electron chi connectivity index (χ2n) is 5.73. The fourth-order valence-electron chi connectivity index (χ4n) is 3.09. The maximum absolute atomic E-state index is 5.19. The van der Waals surface area contributed by atoms with Crippen molar-refractivity contribution in [3.63, 3.8) is 0 Å². The number of aryl methyl sites for hydroxylation is 1. The Morgan fingerprint density at radius 3 is 2.86 bits per heavy atom. The van der Waals surface area contributed by atoms with Crippen molar-refractivity contribution in [2.45, 2.75) is 38.8 Å². The Kier molecular flexibility index (Phi) is 4.68. The minimum atomic E-state index is 0.533. The zero-order chi connectivity index (χ0) is 15.4. The lowest BCUT2D eigenvalue weighted by Gasteiger charge is -2.31. The van der Waals surface area contributed by atoms with Crippen LogP contribution in [0.1, 0.15) is 37.1 Å². The zero-order valence-corrected chi connectivity index (χ0v) is 13.3. The molecule has 1 saturated heterocycles. The van der Waals surface area contributed by atoms with Crippen LogP contribution in [0.25, 0.3) is 0 Å². The number of ether oxygens (including phenoxy) is 1. The predicted octanol–water partition coefficient (Wildman–Crippen LogP) is 2.08. The molecule has 0 aromatic carbocycles. The molecule has 0 unspecified atom stereocenters. The van der Waals surface area contributed by atoms with Crippen molar-refractivity contribution in [2.24, 2.45) is 0 Å². The van der Waals surface area contributed by atoms with E-state index in [2.05, 4.69) is 37.6 Å². The van der Waals surface area contributed by atoms with Gasteiger partial charge in [0.2, 0.25) is 5.88 Å². The van der Waals surface area contributed by atoms with E-state index in [4.69, 9.17) is 4.74 Å². The second-order valence-corrected chi connectivity index (χ2v) is 5.73. The second kappa shape index (κ2) is 6.87. The molecular weight excluding hydrogens is 278 g/mol. The van der Waals surface area contributed by atoms with Crippen LogP contribution in [0, 0.1) is 0 Å². The molecule has 0 radical (unpaired) electrons. The van der Waals surface area contributed by atoms with Crippen LogP contribution < -0.4 is 4.74 Å². The molecule has 6 nitrogen and oxygen atoms in total. The highest BCUT2D eigenvalue weighted by atomic mass is 16.5. The van der Waals surface area contributed by atoms with E-state index < -0.39 is 0 Å². The minimum absolute atomic E-state index is 0.533. The van der Waals surface area contributed by atoms with Crippen molar-refractivity contribution >= 4 is 0 Å². The van der Waals surface area contributed by atoms with Gasteiger partial charge in [-0.1, -0.05) is 0 Å². The molecule has 0 spiro atoms. The number of pyridine rings is 1. The van der Waals surface area contributed by atoms with Gasteiger partial charge >= 0.3 is 0 Å². The Balaban J connectivity index is 1.57. The van der Waals surface area contributed by atoms with Crippen LogP contribution in [0.3, 0.4) is 0 Å². The summed E-state index contributed by atoms with van der Waals surface area (Å²) in [4.78, 5) is 6.64. The smallest absolute Gasteiger partial charge is 0.213 e. The normalized spacial score (nSPS) is 16.8. The molecule has 0 atom stereocenters. The van der Waals surface area contributed by atoms with E-state index in [-0.39, 0.29) is 0 Å². The van der Waals surface area contributed by atoms with Gasteiger partial charge in [0.05, 0.1) is 7.11 Å². The Labute approximate surface area is 131 Å². The number of hydrogen-bond donors (Lipinski definition) is 0. The average molecular weight is 301 g/mol. The number of rotatable bonds is 5. The number of hydrogen-bond acceptors (Lipinski definition) is 5. The summed E-state index contributed by atoms with van der Waals surface area (Å²) in [5.41, 5.74) is 1.25. The van der Waals surface area contributed by atoms with Gasteiger partial charge in [-0.25, -0.2) is 4.98 Å². The first kappa shape index (κ1) is 15.0. The summed E-state index contributed by atoms with van der Waals surface area (Å²) in [5.74, 6) is 2.36. The molecule has 0 N–H and O–H groups in total. The summed E-state index contributed by atoms with van der Waals surface area (Å²) in [6.45, 7) is 6.21. The first-order chi connectivity index (χ1) is 10.8. The number of nitrogens with zero attached hydrogens (tertiary/aromatic N) is 5. The van der Waals surface area contributed by atoms with Crippen LogP contribution in [-0.4, -0.2) is 44.8 Å². The third kappa shape index (κ3) is 3.27. The first-order valence-electron chi connectivity index (χ1n) is 7.89. The van der Waals surface area contributed by atoms with Gasteiger partial charge in [-0.3, -0.25) is 4.90 Å². The van der Waals surface area contributed by atoms with E-state index in [0.717, 1.165) is 44.8 Å². The molecule has 3 rings (SSSR count). The molecule has 0 aliphatic carbocycles. The molecule has 22 heavy (non-hydrogen) atoms. The van der Waals surface area contributed by atoms with Gasteiger partial charge in [-0.2, -0.15) is 0 Å². The summed E-state index contributed by atoms with van der Waals surface area (Å²) in [6.07, 6.45) is 5.93. The third-order valence-electron chi connectivity index (χ3n) is 4.35. The maximum Gasteiger partial charge on any atom is 0.213 e. The van der Waals surface area contributed by atoms with Gasteiger partial charge in [-0.05, 0) is 44.5 Å². The van der Waals surface area contributed by atoms with Crippen LogP contribution in [0.2, 0.25) is 0 Å². The molecule has 6 heteroatoms. The van der Waals surface area contributed by atoms with Crippen molar-refractivity contribution in [3.8, 4) is 5.88 Å². The first-order valence-corrected chi connectivity index (χ1v) is 7.89. The molecule has 3 heterocycles. The lowest BCUT2D eigenvalue weighted by Crippen LogP contribution is -2.33. The lowest BCUT2D eigenvalue weighted by molar-refractivity contribution is 0.200. The van der Waals surface area contributed by atoms with Gasteiger partial charge in [0, 0.05) is 31.3 Å². The lowest BCUT2D eigenvalue weighted by atomic mass is 9.95. The van der Waals surface area contributed by atoms with Crippen molar-refractivity contribution in [3.05, 3.63) is 36.0 Å². The topological polar surface area (TPSA) is 56.1 Å². The van der Waals surface area contributed by atoms with Gasteiger partial charge in [-0.15, -0.1) is 10.2 Å². The van der Waals surface area contributed by atoms with Crippen molar-refractivity contribution in [1.29, 1.82) is 0 Å². The fraction of sp³-hybridized carbons (Fsp3) is 0.562. The average Bonchev–Trinajstić information content (AvgIpc) is 3.04.